The maximum absolute atomic E-state index is 11.9. The minimum absolute atomic E-state index is 0.207. The molecule has 0 aromatic rings. The fourth-order valence-electron chi connectivity index (χ4n) is 0.851. The normalized spacial score (nSPS) is 13.8. The molecular formula is C7H9F3O3. The van der Waals surface area contributed by atoms with Gasteiger partial charge in [0.15, 0.2) is 5.78 Å². The number of ketones is 1. The quantitative estimate of drug-likeness (QED) is 0.698. The van der Waals surface area contributed by atoms with Gasteiger partial charge in [0.05, 0.1) is 0 Å². The molecule has 0 spiro atoms. The monoisotopic (exact) mass is 198 g/mol. The minimum Gasteiger partial charge on any atom is -0.480 e. The first kappa shape index (κ1) is 11.9. The Kier molecular flexibility index (Phi) is 3.90. The molecule has 0 bridgehead atoms. The zero-order valence-corrected chi connectivity index (χ0v) is 6.89. The minimum atomic E-state index is -4.99. The molecular weight excluding hydrogens is 189 g/mol. The Labute approximate surface area is 72.5 Å². The van der Waals surface area contributed by atoms with Gasteiger partial charge in [0, 0.05) is 6.42 Å². The SMILES string of the molecule is CCCC(=O)C(C(=O)O)C(F)(F)F. The molecule has 0 rings (SSSR count). The van der Waals surface area contributed by atoms with E-state index in [1.807, 2.05) is 0 Å². The second-order valence-corrected chi connectivity index (χ2v) is 2.53. The molecule has 0 aliphatic rings. The highest BCUT2D eigenvalue weighted by atomic mass is 19.4. The molecule has 0 aliphatic heterocycles. The van der Waals surface area contributed by atoms with Gasteiger partial charge in [0.25, 0.3) is 0 Å². The number of hydrogen-bond donors (Lipinski definition) is 1. The lowest BCUT2D eigenvalue weighted by Gasteiger charge is -2.13. The van der Waals surface area contributed by atoms with Crippen molar-refractivity contribution in [2.75, 3.05) is 0 Å². The third-order valence-corrected chi connectivity index (χ3v) is 1.39. The summed E-state index contributed by atoms with van der Waals surface area (Å²) in [6.45, 7) is 1.51. The van der Waals surface area contributed by atoms with Crippen LogP contribution in [0.15, 0.2) is 0 Å². The number of aliphatic carboxylic acids is 1. The van der Waals surface area contributed by atoms with Crippen LogP contribution in [-0.4, -0.2) is 23.0 Å². The van der Waals surface area contributed by atoms with Gasteiger partial charge in [-0.2, -0.15) is 13.2 Å². The molecule has 0 aromatic heterocycles. The Morgan fingerprint density at radius 3 is 2.08 bits per heavy atom. The van der Waals surface area contributed by atoms with Crippen molar-refractivity contribution in [3.8, 4) is 0 Å². The molecule has 1 unspecified atom stereocenters. The highest BCUT2D eigenvalue weighted by molar-refractivity contribution is 5.99. The van der Waals surface area contributed by atoms with E-state index in [0.29, 0.717) is 0 Å². The first-order valence-electron chi connectivity index (χ1n) is 3.63. The van der Waals surface area contributed by atoms with Gasteiger partial charge in [-0.25, -0.2) is 0 Å². The number of Topliss-reactive ketones (excluding diaryl/α,β-unsaturated/α-hetero) is 1. The Morgan fingerprint density at radius 2 is 1.85 bits per heavy atom. The van der Waals surface area contributed by atoms with E-state index in [2.05, 4.69) is 0 Å². The Hall–Kier alpha value is -1.07. The zero-order chi connectivity index (χ0) is 10.6. The van der Waals surface area contributed by atoms with E-state index in [4.69, 9.17) is 5.11 Å². The molecule has 0 fully saturated rings. The second-order valence-electron chi connectivity index (χ2n) is 2.53. The first-order chi connectivity index (χ1) is 5.80. The Balaban J connectivity index is 4.63. The lowest BCUT2D eigenvalue weighted by molar-refractivity contribution is -0.194. The zero-order valence-electron chi connectivity index (χ0n) is 6.89. The molecule has 0 aromatic carbocycles. The summed E-state index contributed by atoms with van der Waals surface area (Å²) in [4.78, 5) is 20.9. The second kappa shape index (κ2) is 4.25. The third-order valence-electron chi connectivity index (χ3n) is 1.39. The molecule has 1 N–H and O–H groups in total. The molecule has 3 nitrogen and oxygen atoms in total. The summed E-state index contributed by atoms with van der Waals surface area (Å²) in [5.41, 5.74) is 0. The molecule has 0 saturated carbocycles. The number of halogens is 3. The molecule has 6 heteroatoms. The van der Waals surface area contributed by atoms with Gasteiger partial charge < -0.3 is 5.11 Å². The first-order valence-corrected chi connectivity index (χ1v) is 3.63. The van der Waals surface area contributed by atoms with E-state index in [1.54, 1.807) is 0 Å². The van der Waals surface area contributed by atoms with Gasteiger partial charge in [-0.15, -0.1) is 0 Å². The van der Waals surface area contributed by atoms with Crippen molar-refractivity contribution >= 4 is 11.8 Å². The number of hydrogen-bond acceptors (Lipinski definition) is 2. The summed E-state index contributed by atoms with van der Waals surface area (Å²) < 4.78 is 35.8. The summed E-state index contributed by atoms with van der Waals surface area (Å²) in [5, 5.41) is 8.17. The van der Waals surface area contributed by atoms with Crippen LogP contribution in [0.1, 0.15) is 19.8 Å². The standard InChI is InChI=1S/C7H9F3O3/c1-2-3-4(11)5(6(12)13)7(8,9)10/h5H,2-3H2,1H3,(H,12,13). The Bertz CT molecular complexity index is 210. The number of rotatable bonds is 4. The van der Waals surface area contributed by atoms with Crippen molar-refractivity contribution in [1.82, 2.24) is 0 Å². The predicted octanol–water partition coefficient (Wildman–Crippen LogP) is 1.62. The maximum atomic E-state index is 11.9. The van der Waals surface area contributed by atoms with Crippen molar-refractivity contribution in [3.63, 3.8) is 0 Å². The number of carboxylic acids is 1. The van der Waals surface area contributed by atoms with Gasteiger partial charge >= 0.3 is 12.1 Å². The highest BCUT2D eigenvalue weighted by Crippen LogP contribution is 2.28. The van der Waals surface area contributed by atoms with Crippen LogP contribution in [0.5, 0.6) is 0 Å². The van der Waals surface area contributed by atoms with Crippen molar-refractivity contribution in [1.29, 1.82) is 0 Å². The predicted molar refractivity (Wildman–Crippen MR) is 37.1 cm³/mol. The summed E-state index contributed by atoms with van der Waals surface area (Å²) in [5.74, 6) is -6.29. The highest BCUT2D eigenvalue weighted by Gasteiger charge is 2.49. The van der Waals surface area contributed by atoms with E-state index in [-0.39, 0.29) is 12.8 Å². The fraction of sp³-hybridized carbons (Fsp3) is 0.714. The Morgan fingerprint density at radius 1 is 1.38 bits per heavy atom. The van der Waals surface area contributed by atoms with Gasteiger partial charge in [-0.1, -0.05) is 6.92 Å². The van der Waals surface area contributed by atoms with Crippen molar-refractivity contribution < 1.29 is 27.9 Å². The number of carboxylic acid groups (broad SMARTS) is 1. The number of carbonyl (C=O) groups is 2. The van der Waals surface area contributed by atoms with E-state index in [1.165, 1.54) is 6.92 Å². The van der Waals surface area contributed by atoms with Crippen LogP contribution in [0.3, 0.4) is 0 Å². The molecule has 0 saturated heterocycles. The van der Waals surface area contributed by atoms with Crippen LogP contribution in [-0.2, 0) is 9.59 Å². The van der Waals surface area contributed by atoms with Gasteiger partial charge in [-0.05, 0) is 6.42 Å². The average molecular weight is 198 g/mol. The molecule has 76 valence electrons. The van der Waals surface area contributed by atoms with Crippen molar-refractivity contribution in [3.05, 3.63) is 0 Å². The van der Waals surface area contributed by atoms with Crippen LogP contribution in [0, 0.1) is 5.92 Å². The number of alkyl halides is 3. The lowest BCUT2D eigenvalue weighted by Crippen LogP contribution is -2.37. The van der Waals surface area contributed by atoms with Crippen LogP contribution in [0.25, 0.3) is 0 Å². The summed E-state index contributed by atoms with van der Waals surface area (Å²) in [6.07, 6.45) is -5.15. The van der Waals surface area contributed by atoms with Crippen LogP contribution >= 0.6 is 0 Å². The smallest absolute Gasteiger partial charge is 0.409 e. The van der Waals surface area contributed by atoms with E-state index in [9.17, 15) is 22.8 Å². The number of carbonyl (C=O) groups excluding carboxylic acids is 1. The summed E-state index contributed by atoms with van der Waals surface area (Å²) >= 11 is 0. The fourth-order valence-corrected chi connectivity index (χ4v) is 0.851. The summed E-state index contributed by atoms with van der Waals surface area (Å²) in [7, 11) is 0. The van der Waals surface area contributed by atoms with Crippen LogP contribution in [0.4, 0.5) is 13.2 Å². The molecule has 0 aliphatic carbocycles. The van der Waals surface area contributed by atoms with E-state index < -0.39 is 23.8 Å². The summed E-state index contributed by atoms with van der Waals surface area (Å²) in [6, 6.07) is 0. The lowest BCUT2D eigenvalue weighted by atomic mass is 10.0. The largest absolute Gasteiger partial charge is 0.480 e. The van der Waals surface area contributed by atoms with E-state index in [0.717, 1.165) is 0 Å². The molecule has 1 atom stereocenters. The van der Waals surface area contributed by atoms with Crippen LogP contribution < -0.4 is 0 Å². The molecule has 0 heterocycles. The molecule has 13 heavy (non-hydrogen) atoms. The van der Waals surface area contributed by atoms with Crippen molar-refractivity contribution in [2.24, 2.45) is 5.92 Å². The van der Waals surface area contributed by atoms with E-state index >= 15 is 0 Å². The maximum Gasteiger partial charge on any atom is 0.409 e. The van der Waals surface area contributed by atoms with Crippen molar-refractivity contribution in [2.45, 2.75) is 25.9 Å². The average Bonchev–Trinajstić information content (AvgIpc) is 1.82. The van der Waals surface area contributed by atoms with Gasteiger partial charge in [0.1, 0.15) is 0 Å². The van der Waals surface area contributed by atoms with Crippen LogP contribution in [0.2, 0.25) is 0 Å². The third kappa shape index (κ3) is 3.43. The molecule has 0 radical (unpaired) electrons. The van der Waals surface area contributed by atoms with Gasteiger partial charge in [-0.3, -0.25) is 9.59 Å². The van der Waals surface area contributed by atoms with Gasteiger partial charge in [0.2, 0.25) is 5.92 Å². The topological polar surface area (TPSA) is 54.4 Å². The molecule has 0 amide bonds.